The molecule has 0 saturated carbocycles. The highest BCUT2D eigenvalue weighted by Gasteiger charge is 2.30. The summed E-state index contributed by atoms with van der Waals surface area (Å²) in [7, 11) is 0. The van der Waals surface area contributed by atoms with Gasteiger partial charge in [0, 0.05) is 13.0 Å². The number of rotatable bonds is 5. The predicted molar refractivity (Wildman–Crippen MR) is 72.9 cm³/mol. The van der Waals surface area contributed by atoms with E-state index in [4.69, 9.17) is 9.15 Å². The summed E-state index contributed by atoms with van der Waals surface area (Å²) in [5.74, 6) is 1.93. The Balaban J connectivity index is 2.01. The van der Waals surface area contributed by atoms with Gasteiger partial charge >= 0.3 is 0 Å². The maximum absolute atomic E-state index is 12.3. The summed E-state index contributed by atoms with van der Waals surface area (Å²) in [6, 6.07) is 3.82. The fraction of sp³-hybridized carbons (Fsp3) is 0.667. The van der Waals surface area contributed by atoms with Crippen molar-refractivity contribution in [2.45, 2.75) is 45.6 Å². The standard InChI is InChI=1S/C15H23NO3/c1-3-4-5-6-15(17)16-9-10-18-11-13(16)14-8-7-12(2)19-14/h7-8,13H,3-6,9-11H2,1-2H3/t13-/m1/s1. The Kier molecular flexibility index (Phi) is 5.02. The van der Waals surface area contributed by atoms with Crippen LogP contribution < -0.4 is 0 Å². The maximum atomic E-state index is 12.3. The SMILES string of the molecule is CCCCCC(=O)N1CCOC[C@@H]1c1ccc(C)o1. The summed E-state index contributed by atoms with van der Waals surface area (Å²) in [5, 5.41) is 0. The molecule has 106 valence electrons. The van der Waals surface area contributed by atoms with E-state index >= 15 is 0 Å². The van der Waals surface area contributed by atoms with Gasteiger partial charge in [0.05, 0.1) is 13.2 Å². The van der Waals surface area contributed by atoms with E-state index in [1.54, 1.807) is 0 Å². The molecule has 1 aromatic heterocycles. The Bertz CT molecular complexity index is 413. The minimum Gasteiger partial charge on any atom is -0.464 e. The van der Waals surface area contributed by atoms with Gasteiger partial charge in [-0.15, -0.1) is 0 Å². The van der Waals surface area contributed by atoms with Crippen LogP contribution in [0.4, 0.5) is 0 Å². The minimum absolute atomic E-state index is 0.0587. The van der Waals surface area contributed by atoms with Crippen LogP contribution in [0.15, 0.2) is 16.5 Å². The number of hydrogen-bond acceptors (Lipinski definition) is 3. The second-order valence-corrected chi connectivity index (χ2v) is 5.08. The van der Waals surface area contributed by atoms with Gasteiger partial charge in [-0.2, -0.15) is 0 Å². The molecule has 1 saturated heterocycles. The van der Waals surface area contributed by atoms with Gasteiger partial charge in [0.15, 0.2) is 0 Å². The van der Waals surface area contributed by atoms with Crippen LogP contribution in [0.3, 0.4) is 0 Å². The summed E-state index contributed by atoms with van der Waals surface area (Å²) in [5.41, 5.74) is 0. The summed E-state index contributed by atoms with van der Waals surface area (Å²) in [6.45, 7) is 5.88. The first-order valence-electron chi connectivity index (χ1n) is 7.16. The molecule has 0 N–H and O–H groups in total. The fourth-order valence-electron chi connectivity index (χ4n) is 2.44. The Morgan fingerprint density at radius 2 is 2.26 bits per heavy atom. The molecule has 0 spiro atoms. The molecule has 2 rings (SSSR count). The van der Waals surface area contributed by atoms with E-state index in [1.807, 2.05) is 24.0 Å². The van der Waals surface area contributed by atoms with Gasteiger partial charge in [0.25, 0.3) is 0 Å². The Labute approximate surface area is 114 Å². The predicted octanol–water partition coefficient (Wildman–Crippen LogP) is 3.07. The summed E-state index contributed by atoms with van der Waals surface area (Å²) in [4.78, 5) is 14.2. The first-order valence-corrected chi connectivity index (χ1v) is 7.16. The molecule has 0 aromatic carbocycles. The van der Waals surface area contributed by atoms with Crippen LogP contribution in [0.2, 0.25) is 0 Å². The van der Waals surface area contributed by atoms with Gasteiger partial charge in [-0.05, 0) is 25.5 Å². The highest BCUT2D eigenvalue weighted by Crippen LogP contribution is 2.26. The van der Waals surface area contributed by atoms with Crippen LogP contribution >= 0.6 is 0 Å². The average Bonchev–Trinajstić information content (AvgIpc) is 2.85. The van der Waals surface area contributed by atoms with E-state index in [9.17, 15) is 4.79 Å². The van der Waals surface area contributed by atoms with Crippen molar-refractivity contribution in [1.82, 2.24) is 4.90 Å². The first-order chi connectivity index (χ1) is 9.22. The highest BCUT2D eigenvalue weighted by molar-refractivity contribution is 5.76. The molecule has 0 radical (unpaired) electrons. The third-order valence-corrected chi connectivity index (χ3v) is 3.53. The molecule has 0 aliphatic carbocycles. The van der Waals surface area contributed by atoms with Gasteiger partial charge in [0.2, 0.25) is 5.91 Å². The van der Waals surface area contributed by atoms with E-state index in [0.717, 1.165) is 30.8 Å². The van der Waals surface area contributed by atoms with Crippen molar-refractivity contribution in [1.29, 1.82) is 0 Å². The van der Waals surface area contributed by atoms with Crippen molar-refractivity contribution in [3.8, 4) is 0 Å². The van der Waals surface area contributed by atoms with Crippen LogP contribution in [0, 0.1) is 6.92 Å². The topological polar surface area (TPSA) is 42.7 Å². The van der Waals surface area contributed by atoms with Crippen LogP contribution in [0.5, 0.6) is 0 Å². The van der Waals surface area contributed by atoms with Crippen LogP contribution in [0.1, 0.15) is 50.2 Å². The first kappa shape index (κ1) is 14.1. The molecule has 1 aliphatic heterocycles. The minimum atomic E-state index is -0.0587. The van der Waals surface area contributed by atoms with Gasteiger partial charge in [-0.1, -0.05) is 19.8 Å². The average molecular weight is 265 g/mol. The van der Waals surface area contributed by atoms with Gasteiger partial charge in [-0.25, -0.2) is 0 Å². The molecule has 1 fully saturated rings. The summed E-state index contributed by atoms with van der Waals surface area (Å²) >= 11 is 0. The lowest BCUT2D eigenvalue weighted by Gasteiger charge is -2.34. The number of ether oxygens (including phenoxy) is 1. The zero-order chi connectivity index (χ0) is 13.7. The van der Waals surface area contributed by atoms with Gasteiger partial charge < -0.3 is 14.1 Å². The van der Waals surface area contributed by atoms with Crippen molar-refractivity contribution in [3.63, 3.8) is 0 Å². The molecule has 0 unspecified atom stereocenters. The lowest BCUT2D eigenvalue weighted by molar-refractivity contribution is -0.141. The Morgan fingerprint density at radius 3 is 2.95 bits per heavy atom. The van der Waals surface area contributed by atoms with E-state index in [0.29, 0.717) is 26.2 Å². The third kappa shape index (κ3) is 3.60. The van der Waals surface area contributed by atoms with Crippen molar-refractivity contribution in [2.24, 2.45) is 0 Å². The van der Waals surface area contributed by atoms with Gasteiger partial charge in [-0.3, -0.25) is 4.79 Å². The molecular formula is C15H23NO3. The normalized spacial score (nSPS) is 19.7. The molecule has 1 aliphatic rings. The molecule has 0 bridgehead atoms. The zero-order valence-electron chi connectivity index (χ0n) is 11.9. The quantitative estimate of drug-likeness (QED) is 0.768. The van der Waals surface area contributed by atoms with Crippen LogP contribution in [-0.4, -0.2) is 30.6 Å². The van der Waals surface area contributed by atoms with Crippen molar-refractivity contribution in [3.05, 3.63) is 23.7 Å². The second-order valence-electron chi connectivity index (χ2n) is 5.08. The molecule has 4 nitrogen and oxygen atoms in total. The number of amides is 1. The second kappa shape index (κ2) is 6.75. The molecule has 1 amide bonds. The van der Waals surface area contributed by atoms with E-state index in [1.165, 1.54) is 0 Å². The molecule has 1 atom stereocenters. The largest absolute Gasteiger partial charge is 0.464 e. The van der Waals surface area contributed by atoms with Crippen molar-refractivity contribution in [2.75, 3.05) is 19.8 Å². The van der Waals surface area contributed by atoms with E-state index in [2.05, 4.69) is 6.92 Å². The Morgan fingerprint density at radius 1 is 1.42 bits per heavy atom. The molecule has 2 heterocycles. The summed E-state index contributed by atoms with van der Waals surface area (Å²) in [6.07, 6.45) is 3.85. The number of aryl methyl sites for hydroxylation is 1. The number of morpholine rings is 1. The highest BCUT2D eigenvalue weighted by atomic mass is 16.5. The lowest BCUT2D eigenvalue weighted by atomic mass is 10.1. The van der Waals surface area contributed by atoms with Crippen LogP contribution in [-0.2, 0) is 9.53 Å². The molecule has 19 heavy (non-hydrogen) atoms. The van der Waals surface area contributed by atoms with Crippen LogP contribution in [0.25, 0.3) is 0 Å². The number of furan rings is 1. The van der Waals surface area contributed by atoms with Crippen molar-refractivity contribution >= 4 is 5.91 Å². The molecule has 4 heteroatoms. The number of nitrogens with zero attached hydrogens (tertiary/aromatic N) is 1. The van der Waals surface area contributed by atoms with E-state index < -0.39 is 0 Å². The lowest BCUT2D eigenvalue weighted by Crippen LogP contribution is -2.43. The number of carbonyl (C=O) groups excluding carboxylic acids is 1. The molecular weight excluding hydrogens is 242 g/mol. The smallest absolute Gasteiger partial charge is 0.223 e. The fourth-order valence-corrected chi connectivity index (χ4v) is 2.44. The van der Waals surface area contributed by atoms with E-state index in [-0.39, 0.29) is 11.9 Å². The molecule has 1 aromatic rings. The number of unbranched alkanes of at least 4 members (excludes halogenated alkanes) is 2. The summed E-state index contributed by atoms with van der Waals surface area (Å²) < 4.78 is 11.2. The maximum Gasteiger partial charge on any atom is 0.223 e. The monoisotopic (exact) mass is 265 g/mol. The third-order valence-electron chi connectivity index (χ3n) is 3.53. The number of carbonyl (C=O) groups is 1. The Hall–Kier alpha value is -1.29. The van der Waals surface area contributed by atoms with Gasteiger partial charge in [0.1, 0.15) is 17.6 Å². The van der Waals surface area contributed by atoms with Crippen molar-refractivity contribution < 1.29 is 13.9 Å². The number of hydrogen-bond donors (Lipinski definition) is 0. The zero-order valence-corrected chi connectivity index (χ0v) is 11.9.